The van der Waals surface area contributed by atoms with Crippen molar-refractivity contribution in [1.29, 1.82) is 0 Å². The van der Waals surface area contributed by atoms with Crippen molar-refractivity contribution in [1.82, 2.24) is 14.1 Å². The Morgan fingerprint density at radius 2 is 1.74 bits per heavy atom. The quantitative estimate of drug-likeness (QED) is 0.546. The highest BCUT2D eigenvalue weighted by Crippen LogP contribution is 2.29. The Morgan fingerprint density at radius 1 is 1.07 bits per heavy atom. The van der Waals surface area contributed by atoms with E-state index in [9.17, 15) is 9.59 Å². The Bertz CT molecular complexity index is 1170. The molecule has 7 heteroatoms. The van der Waals surface area contributed by atoms with Crippen LogP contribution in [0.5, 0.6) is 0 Å². The minimum atomic E-state index is -0.215. The molecule has 0 spiro atoms. The number of aromatic nitrogens is 3. The first-order valence-corrected chi connectivity index (χ1v) is 9.38. The molecule has 136 valence electrons. The van der Waals surface area contributed by atoms with Crippen LogP contribution in [0, 0.1) is 6.92 Å². The van der Waals surface area contributed by atoms with Gasteiger partial charge in [0.2, 0.25) is 0 Å². The Morgan fingerprint density at radius 3 is 2.41 bits per heavy atom. The van der Waals surface area contributed by atoms with Gasteiger partial charge in [-0.3, -0.25) is 18.8 Å². The molecule has 27 heavy (non-hydrogen) atoms. The van der Waals surface area contributed by atoms with Gasteiger partial charge in [0.05, 0.1) is 22.4 Å². The van der Waals surface area contributed by atoms with Crippen molar-refractivity contribution in [2.45, 2.75) is 13.5 Å². The van der Waals surface area contributed by atoms with Crippen molar-refractivity contribution >= 4 is 39.1 Å². The minimum absolute atomic E-state index is 0.0618. The van der Waals surface area contributed by atoms with Crippen molar-refractivity contribution < 1.29 is 4.79 Å². The Hall–Kier alpha value is -3.19. The van der Waals surface area contributed by atoms with Crippen molar-refractivity contribution in [2.24, 2.45) is 7.05 Å². The summed E-state index contributed by atoms with van der Waals surface area (Å²) in [4.78, 5) is 32.0. The van der Waals surface area contributed by atoms with Gasteiger partial charge in [0.1, 0.15) is 6.54 Å². The van der Waals surface area contributed by atoms with E-state index in [2.05, 4.69) is 4.98 Å². The molecule has 2 aromatic heterocycles. The van der Waals surface area contributed by atoms with E-state index in [0.717, 1.165) is 22.4 Å². The van der Waals surface area contributed by atoms with Crippen LogP contribution in [-0.4, -0.2) is 20.0 Å². The van der Waals surface area contributed by atoms with Crippen LogP contribution in [0.3, 0.4) is 0 Å². The molecule has 2 aromatic carbocycles. The number of imidazole rings is 1. The number of rotatable bonds is 4. The molecule has 6 nitrogen and oxygen atoms in total. The number of para-hydroxylation sites is 3. The number of benzene rings is 2. The minimum Gasteiger partial charge on any atom is -0.295 e. The Labute approximate surface area is 159 Å². The van der Waals surface area contributed by atoms with Gasteiger partial charge in [-0.2, -0.15) is 0 Å². The second-order valence-electron chi connectivity index (χ2n) is 6.25. The van der Waals surface area contributed by atoms with Crippen LogP contribution in [0.1, 0.15) is 5.69 Å². The van der Waals surface area contributed by atoms with Gasteiger partial charge in [0.15, 0.2) is 5.13 Å². The lowest BCUT2D eigenvalue weighted by molar-refractivity contribution is -0.118. The van der Waals surface area contributed by atoms with Crippen LogP contribution in [0.4, 0.5) is 10.8 Å². The lowest BCUT2D eigenvalue weighted by Gasteiger charge is -2.20. The second-order valence-corrected chi connectivity index (χ2v) is 7.09. The normalized spacial score (nSPS) is 11.0. The summed E-state index contributed by atoms with van der Waals surface area (Å²) in [5.74, 6) is -0.214. The van der Waals surface area contributed by atoms with Gasteiger partial charge < -0.3 is 0 Å². The molecular formula is C20H18N4O2S. The number of nitrogens with zero attached hydrogens (tertiary/aromatic N) is 4. The zero-order valence-electron chi connectivity index (χ0n) is 15.0. The molecule has 2 heterocycles. The summed E-state index contributed by atoms with van der Waals surface area (Å²) in [6.45, 7) is 1.83. The fraction of sp³-hybridized carbons (Fsp3) is 0.150. The third kappa shape index (κ3) is 3.06. The van der Waals surface area contributed by atoms with Crippen LogP contribution < -0.4 is 10.6 Å². The zero-order chi connectivity index (χ0) is 19.0. The average molecular weight is 378 g/mol. The monoisotopic (exact) mass is 378 g/mol. The maximum atomic E-state index is 13.3. The number of amides is 1. The van der Waals surface area contributed by atoms with Crippen molar-refractivity contribution in [2.75, 3.05) is 4.90 Å². The standard InChI is InChI=1S/C20H18N4O2S/c1-14-13-27-19(21-14)24(15-8-4-3-5-9-15)18(25)12-23-17-11-7-6-10-16(17)22(2)20(23)26/h3-11,13H,12H2,1-2H3. The molecule has 0 saturated carbocycles. The molecule has 0 aliphatic rings. The molecule has 0 unspecified atom stereocenters. The lowest BCUT2D eigenvalue weighted by Crippen LogP contribution is -2.33. The summed E-state index contributed by atoms with van der Waals surface area (Å²) in [6.07, 6.45) is 0. The number of anilines is 2. The van der Waals surface area contributed by atoms with Crippen molar-refractivity contribution in [3.63, 3.8) is 0 Å². The molecule has 0 radical (unpaired) electrons. The zero-order valence-corrected chi connectivity index (χ0v) is 15.8. The number of hydrogen-bond donors (Lipinski definition) is 0. The summed E-state index contributed by atoms with van der Waals surface area (Å²) in [5.41, 5.74) is 2.90. The molecule has 0 N–H and O–H groups in total. The summed E-state index contributed by atoms with van der Waals surface area (Å²) in [7, 11) is 1.71. The van der Waals surface area contributed by atoms with E-state index < -0.39 is 0 Å². The van der Waals surface area contributed by atoms with Crippen LogP contribution in [0.2, 0.25) is 0 Å². The lowest BCUT2D eigenvalue weighted by atomic mass is 10.3. The number of carbonyl (C=O) groups excluding carboxylic acids is 1. The maximum Gasteiger partial charge on any atom is 0.329 e. The smallest absolute Gasteiger partial charge is 0.295 e. The largest absolute Gasteiger partial charge is 0.329 e. The maximum absolute atomic E-state index is 13.3. The summed E-state index contributed by atoms with van der Waals surface area (Å²) in [6, 6.07) is 16.8. The molecule has 0 aliphatic carbocycles. The number of thiazole rings is 1. The third-order valence-corrected chi connectivity index (χ3v) is 5.35. The van der Waals surface area contributed by atoms with Gasteiger partial charge in [0.25, 0.3) is 5.91 Å². The SMILES string of the molecule is Cc1csc(N(C(=O)Cn2c(=O)n(C)c3ccccc32)c2ccccc2)n1. The molecule has 4 rings (SSSR count). The fourth-order valence-electron chi connectivity index (χ4n) is 3.10. The summed E-state index contributed by atoms with van der Waals surface area (Å²) < 4.78 is 3.07. The molecule has 1 amide bonds. The van der Waals surface area contributed by atoms with Crippen LogP contribution in [0.15, 0.2) is 64.8 Å². The van der Waals surface area contributed by atoms with E-state index in [-0.39, 0.29) is 18.1 Å². The van der Waals surface area contributed by atoms with Gasteiger partial charge in [-0.1, -0.05) is 30.3 Å². The highest BCUT2D eigenvalue weighted by Gasteiger charge is 2.23. The number of aryl methyl sites for hydroxylation is 2. The highest BCUT2D eigenvalue weighted by molar-refractivity contribution is 7.14. The highest BCUT2D eigenvalue weighted by atomic mass is 32.1. The van der Waals surface area contributed by atoms with Crippen LogP contribution >= 0.6 is 11.3 Å². The third-order valence-electron chi connectivity index (χ3n) is 4.41. The molecular weight excluding hydrogens is 360 g/mol. The van der Waals surface area contributed by atoms with E-state index in [4.69, 9.17) is 0 Å². The second kappa shape index (κ2) is 6.85. The molecule has 0 aliphatic heterocycles. The van der Waals surface area contributed by atoms with E-state index in [1.165, 1.54) is 15.9 Å². The van der Waals surface area contributed by atoms with Crippen molar-refractivity contribution in [3.8, 4) is 0 Å². The number of hydrogen-bond acceptors (Lipinski definition) is 4. The molecule has 0 atom stereocenters. The topological polar surface area (TPSA) is 60.1 Å². The summed E-state index contributed by atoms with van der Waals surface area (Å²) >= 11 is 1.41. The van der Waals surface area contributed by atoms with E-state index in [1.54, 1.807) is 16.5 Å². The van der Waals surface area contributed by atoms with E-state index in [1.807, 2.05) is 66.9 Å². The molecule has 0 saturated heterocycles. The first-order valence-electron chi connectivity index (χ1n) is 8.50. The van der Waals surface area contributed by atoms with Gasteiger partial charge in [-0.15, -0.1) is 11.3 Å². The number of carbonyl (C=O) groups is 1. The van der Waals surface area contributed by atoms with Crippen LogP contribution in [-0.2, 0) is 18.4 Å². The van der Waals surface area contributed by atoms with Gasteiger partial charge in [0, 0.05) is 12.4 Å². The van der Waals surface area contributed by atoms with Gasteiger partial charge in [-0.25, -0.2) is 9.78 Å². The molecule has 0 bridgehead atoms. The average Bonchev–Trinajstić information content (AvgIpc) is 3.20. The summed E-state index contributed by atoms with van der Waals surface area (Å²) in [5, 5.41) is 2.50. The first-order chi connectivity index (χ1) is 13.1. The molecule has 4 aromatic rings. The number of fused-ring (bicyclic) bond motifs is 1. The molecule has 0 fully saturated rings. The van der Waals surface area contributed by atoms with Crippen molar-refractivity contribution in [3.05, 3.63) is 76.2 Å². The fourth-order valence-corrected chi connectivity index (χ4v) is 3.94. The van der Waals surface area contributed by atoms with Crippen LogP contribution in [0.25, 0.3) is 11.0 Å². The predicted molar refractivity (Wildman–Crippen MR) is 108 cm³/mol. The predicted octanol–water partition coefficient (Wildman–Crippen LogP) is 3.47. The van der Waals surface area contributed by atoms with E-state index >= 15 is 0 Å². The Balaban J connectivity index is 1.78. The Kier molecular flexibility index (Phi) is 4.37. The van der Waals surface area contributed by atoms with Gasteiger partial charge in [-0.05, 0) is 31.2 Å². The first kappa shape index (κ1) is 17.2. The van der Waals surface area contributed by atoms with E-state index in [0.29, 0.717) is 5.13 Å². The van der Waals surface area contributed by atoms with Gasteiger partial charge >= 0.3 is 5.69 Å².